The summed E-state index contributed by atoms with van der Waals surface area (Å²) in [4.78, 5) is 27.4. The van der Waals surface area contributed by atoms with Gasteiger partial charge in [-0.3, -0.25) is 9.59 Å². The Morgan fingerprint density at radius 1 is 1.35 bits per heavy atom. The highest BCUT2D eigenvalue weighted by atomic mass is 19.3. The summed E-state index contributed by atoms with van der Waals surface area (Å²) < 4.78 is 28.7. The number of piperazine rings is 1. The minimum atomic E-state index is -2.95. The normalized spacial score (nSPS) is 14.7. The first-order valence-corrected chi connectivity index (χ1v) is 7.26. The van der Waals surface area contributed by atoms with Crippen LogP contribution in [0.5, 0.6) is 5.75 Å². The SMILES string of the molecule is CN(CC(=O)N1CCNCC1)C(=O)c1cccc(OC(F)F)c1. The van der Waals surface area contributed by atoms with E-state index in [2.05, 4.69) is 10.1 Å². The summed E-state index contributed by atoms with van der Waals surface area (Å²) in [6.07, 6.45) is 0. The Hall–Kier alpha value is -2.22. The van der Waals surface area contributed by atoms with Crippen molar-refractivity contribution in [2.75, 3.05) is 39.8 Å². The van der Waals surface area contributed by atoms with Gasteiger partial charge in [0, 0.05) is 38.8 Å². The summed E-state index contributed by atoms with van der Waals surface area (Å²) in [6, 6.07) is 5.53. The molecule has 1 fully saturated rings. The smallest absolute Gasteiger partial charge is 0.387 e. The summed E-state index contributed by atoms with van der Waals surface area (Å²) in [7, 11) is 1.50. The Bertz CT molecular complexity index is 563. The molecule has 0 atom stereocenters. The lowest BCUT2D eigenvalue weighted by Crippen LogP contribution is -2.49. The number of likely N-dealkylation sites (N-methyl/N-ethyl adjacent to an activating group) is 1. The molecular weight excluding hydrogens is 308 g/mol. The van der Waals surface area contributed by atoms with E-state index in [1.54, 1.807) is 4.90 Å². The molecule has 8 heteroatoms. The molecule has 1 aromatic rings. The average Bonchev–Trinajstić information content (AvgIpc) is 2.54. The number of nitrogens with one attached hydrogen (secondary N) is 1. The molecule has 0 aromatic heterocycles. The molecule has 0 bridgehead atoms. The Kier molecular flexibility index (Phi) is 5.86. The number of benzene rings is 1. The third-order valence-corrected chi connectivity index (χ3v) is 3.49. The van der Waals surface area contributed by atoms with Gasteiger partial charge in [-0.25, -0.2) is 0 Å². The van der Waals surface area contributed by atoms with Crippen molar-refractivity contribution in [1.82, 2.24) is 15.1 Å². The summed E-state index contributed by atoms with van der Waals surface area (Å²) in [5.74, 6) is -0.650. The third-order valence-electron chi connectivity index (χ3n) is 3.49. The zero-order valence-corrected chi connectivity index (χ0v) is 12.8. The molecule has 0 spiro atoms. The second-order valence-electron chi connectivity index (χ2n) is 5.20. The van der Waals surface area contributed by atoms with Crippen LogP contribution in [0, 0.1) is 0 Å². The van der Waals surface area contributed by atoms with Crippen molar-refractivity contribution in [2.24, 2.45) is 0 Å². The van der Waals surface area contributed by atoms with Crippen LogP contribution < -0.4 is 10.1 Å². The van der Waals surface area contributed by atoms with E-state index in [-0.39, 0.29) is 23.8 Å². The van der Waals surface area contributed by atoms with Gasteiger partial charge in [-0.1, -0.05) is 6.07 Å². The van der Waals surface area contributed by atoms with Crippen LogP contribution in [0.25, 0.3) is 0 Å². The highest BCUT2D eigenvalue weighted by molar-refractivity contribution is 5.96. The lowest BCUT2D eigenvalue weighted by molar-refractivity contribution is -0.132. The van der Waals surface area contributed by atoms with Gasteiger partial charge in [0.2, 0.25) is 5.91 Å². The van der Waals surface area contributed by atoms with Crippen molar-refractivity contribution in [3.05, 3.63) is 29.8 Å². The van der Waals surface area contributed by atoms with Crippen LogP contribution in [0.15, 0.2) is 24.3 Å². The van der Waals surface area contributed by atoms with Gasteiger partial charge in [-0.05, 0) is 18.2 Å². The van der Waals surface area contributed by atoms with Crippen LogP contribution in [0.4, 0.5) is 8.78 Å². The lowest BCUT2D eigenvalue weighted by Gasteiger charge is -2.29. The topological polar surface area (TPSA) is 61.9 Å². The average molecular weight is 327 g/mol. The number of hydrogen-bond donors (Lipinski definition) is 1. The number of ether oxygens (including phenoxy) is 1. The second kappa shape index (κ2) is 7.87. The number of carbonyl (C=O) groups is 2. The van der Waals surface area contributed by atoms with Crippen molar-refractivity contribution in [2.45, 2.75) is 6.61 Å². The predicted molar refractivity (Wildman–Crippen MR) is 79.5 cm³/mol. The van der Waals surface area contributed by atoms with E-state index in [9.17, 15) is 18.4 Å². The lowest BCUT2D eigenvalue weighted by atomic mass is 10.2. The monoisotopic (exact) mass is 327 g/mol. The first-order valence-electron chi connectivity index (χ1n) is 7.26. The van der Waals surface area contributed by atoms with Crippen molar-refractivity contribution < 1.29 is 23.1 Å². The van der Waals surface area contributed by atoms with Gasteiger partial charge in [0.05, 0.1) is 6.54 Å². The molecule has 2 amide bonds. The Morgan fingerprint density at radius 2 is 2.04 bits per heavy atom. The van der Waals surface area contributed by atoms with Crippen molar-refractivity contribution >= 4 is 11.8 Å². The number of halogens is 2. The van der Waals surface area contributed by atoms with Gasteiger partial charge >= 0.3 is 6.61 Å². The molecule has 1 N–H and O–H groups in total. The number of rotatable bonds is 5. The van der Waals surface area contributed by atoms with Gasteiger partial charge in [-0.15, -0.1) is 0 Å². The number of nitrogens with zero attached hydrogens (tertiary/aromatic N) is 2. The molecule has 23 heavy (non-hydrogen) atoms. The van der Waals surface area contributed by atoms with Crippen LogP contribution in [-0.2, 0) is 4.79 Å². The molecule has 2 rings (SSSR count). The standard InChI is InChI=1S/C15H19F2N3O3/c1-19(10-13(21)20-7-5-18-6-8-20)14(22)11-3-2-4-12(9-11)23-15(16)17/h2-4,9,15,18H,5-8,10H2,1H3. The fraction of sp³-hybridized carbons (Fsp3) is 0.467. The van der Waals surface area contributed by atoms with E-state index >= 15 is 0 Å². The number of hydrogen-bond acceptors (Lipinski definition) is 4. The molecule has 0 saturated carbocycles. The van der Waals surface area contributed by atoms with Crippen molar-refractivity contribution in [1.29, 1.82) is 0 Å². The molecule has 1 heterocycles. The third kappa shape index (κ3) is 4.88. The van der Waals surface area contributed by atoms with Crippen LogP contribution >= 0.6 is 0 Å². The molecule has 0 radical (unpaired) electrons. The second-order valence-corrected chi connectivity index (χ2v) is 5.20. The van der Waals surface area contributed by atoms with Crippen LogP contribution in [0.1, 0.15) is 10.4 Å². The fourth-order valence-electron chi connectivity index (χ4n) is 2.31. The Morgan fingerprint density at radius 3 is 2.70 bits per heavy atom. The minimum Gasteiger partial charge on any atom is -0.435 e. The van der Waals surface area contributed by atoms with Gasteiger partial charge in [-0.2, -0.15) is 8.78 Å². The molecule has 0 aliphatic carbocycles. The molecule has 1 aliphatic heterocycles. The van der Waals surface area contributed by atoms with Crippen molar-refractivity contribution in [3.63, 3.8) is 0 Å². The van der Waals surface area contributed by atoms with E-state index in [0.717, 1.165) is 13.1 Å². The maximum Gasteiger partial charge on any atom is 0.387 e. The van der Waals surface area contributed by atoms with Gasteiger partial charge in [0.1, 0.15) is 5.75 Å². The Balaban J connectivity index is 1.97. The molecule has 126 valence electrons. The largest absolute Gasteiger partial charge is 0.435 e. The maximum absolute atomic E-state index is 12.3. The zero-order chi connectivity index (χ0) is 16.8. The van der Waals surface area contributed by atoms with Crippen LogP contribution in [-0.4, -0.2) is 68.0 Å². The fourth-order valence-corrected chi connectivity index (χ4v) is 2.31. The molecule has 0 unspecified atom stereocenters. The Labute approximate surface area is 133 Å². The van der Waals surface area contributed by atoms with Gasteiger partial charge in [0.15, 0.2) is 0 Å². The zero-order valence-electron chi connectivity index (χ0n) is 12.8. The van der Waals surface area contributed by atoms with Gasteiger partial charge in [0.25, 0.3) is 5.91 Å². The molecule has 1 saturated heterocycles. The number of alkyl halides is 2. The summed E-state index contributed by atoms with van der Waals surface area (Å²) in [5.41, 5.74) is 0.193. The van der Waals surface area contributed by atoms with E-state index in [1.807, 2.05) is 0 Å². The molecule has 1 aromatic carbocycles. The maximum atomic E-state index is 12.3. The van der Waals surface area contributed by atoms with E-state index in [4.69, 9.17) is 0 Å². The first-order chi connectivity index (χ1) is 11.0. The van der Waals surface area contributed by atoms with Crippen LogP contribution in [0.3, 0.4) is 0 Å². The number of carbonyl (C=O) groups excluding carboxylic acids is 2. The van der Waals surface area contributed by atoms with Crippen LogP contribution in [0.2, 0.25) is 0 Å². The minimum absolute atomic E-state index is 0.0568. The molecular formula is C15H19F2N3O3. The van der Waals surface area contributed by atoms with Crippen molar-refractivity contribution in [3.8, 4) is 5.75 Å². The summed E-state index contributed by atoms with van der Waals surface area (Å²) in [6.45, 7) is -0.324. The summed E-state index contributed by atoms with van der Waals surface area (Å²) in [5, 5.41) is 3.14. The van der Waals surface area contributed by atoms with Gasteiger partial charge < -0.3 is 19.9 Å². The van der Waals surface area contributed by atoms with E-state index < -0.39 is 12.5 Å². The predicted octanol–water partition coefficient (Wildman–Crippen LogP) is 0.792. The highest BCUT2D eigenvalue weighted by Crippen LogP contribution is 2.17. The summed E-state index contributed by atoms with van der Waals surface area (Å²) >= 11 is 0. The highest BCUT2D eigenvalue weighted by Gasteiger charge is 2.21. The van der Waals surface area contributed by atoms with E-state index in [0.29, 0.717) is 13.1 Å². The quantitative estimate of drug-likeness (QED) is 0.869. The first kappa shape index (κ1) is 17.1. The number of amides is 2. The van der Waals surface area contributed by atoms with E-state index in [1.165, 1.54) is 36.2 Å². The molecule has 6 nitrogen and oxygen atoms in total. The molecule has 1 aliphatic rings.